The Balaban J connectivity index is 1.62. The van der Waals surface area contributed by atoms with Crippen LogP contribution in [0.25, 0.3) is 0 Å². The van der Waals surface area contributed by atoms with Crippen molar-refractivity contribution in [2.45, 2.75) is 18.6 Å². The van der Waals surface area contributed by atoms with Gasteiger partial charge >= 0.3 is 0 Å². The minimum absolute atomic E-state index is 0.135. The standard InChI is InChI=1S/C16H26N2O3/c1-17(2)9-14-8-16(21-11-14)12-18(5-7-19-13-16)10-15-4-3-6-20-15/h3-4,6,14H,5,7-13H2,1-2H3/t14-,16-/m0/s1. The SMILES string of the molecule is CN(C)C[C@H]1CO[C@@]2(COCCN(Cc3ccco3)C2)C1. The first-order chi connectivity index (χ1) is 10.2. The zero-order chi connectivity index (χ0) is 14.7. The molecule has 0 aliphatic carbocycles. The van der Waals surface area contributed by atoms with Crippen molar-refractivity contribution >= 4 is 0 Å². The lowest BCUT2D eigenvalue weighted by atomic mass is 9.94. The summed E-state index contributed by atoms with van der Waals surface area (Å²) in [6, 6.07) is 3.97. The molecule has 2 atom stereocenters. The zero-order valence-electron chi connectivity index (χ0n) is 13.1. The van der Waals surface area contributed by atoms with Gasteiger partial charge < -0.3 is 18.8 Å². The number of hydrogen-bond donors (Lipinski definition) is 0. The van der Waals surface area contributed by atoms with Crippen LogP contribution in [0.1, 0.15) is 12.2 Å². The molecule has 0 bridgehead atoms. The van der Waals surface area contributed by atoms with Gasteiger partial charge in [0.15, 0.2) is 0 Å². The second-order valence-corrected chi connectivity index (χ2v) is 6.67. The molecule has 21 heavy (non-hydrogen) atoms. The predicted molar refractivity (Wildman–Crippen MR) is 80.1 cm³/mol. The van der Waals surface area contributed by atoms with Gasteiger partial charge in [-0.15, -0.1) is 0 Å². The first-order valence-electron chi connectivity index (χ1n) is 7.76. The van der Waals surface area contributed by atoms with Crippen molar-refractivity contribution in [3.8, 4) is 0 Å². The van der Waals surface area contributed by atoms with Crippen LogP contribution in [0.4, 0.5) is 0 Å². The fourth-order valence-corrected chi connectivity index (χ4v) is 3.52. The fraction of sp³-hybridized carbons (Fsp3) is 0.750. The zero-order valence-corrected chi connectivity index (χ0v) is 13.1. The molecule has 0 radical (unpaired) electrons. The highest BCUT2D eigenvalue weighted by molar-refractivity contribution is 5.00. The van der Waals surface area contributed by atoms with Gasteiger partial charge in [0.1, 0.15) is 11.4 Å². The Hall–Kier alpha value is -0.880. The molecule has 0 N–H and O–H groups in total. The van der Waals surface area contributed by atoms with Crippen LogP contribution in [0, 0.1) is 5.92 Å². The molecule has 0 aromatic carbocycles. The van der Waals surface area contributed by atoms with E-state index in [0.29, 0.717) is 12.5 Å². The second-order valence-electron chi connectivity index (χ2n) is 6.67. The Kier molecular flexibility index (Phi) is 4.64. The lowest BCUT2D eigenvalue weighted by molar-refractivity contribution is -0.0566. The Morgan fingerprint density at radius 2 is 2.33 bits per heavy atom. The van der Waals surface area contributed by atoms with Crippen LogP contribution >= 0.6 is 0 Å². The minimum atomic E-state index is -0.135. The molecule has 2 aliphatic heterocycles. The maximum absolute atomic E-state index is 6.20. The molecule has 2 saturated heterocycles. The average molecular weight is 294 g/mol. The summed E-state index contributed by atoms with van der Waals surface area (Å²) in [5.74, 6) is 1.61. The van der Waals surface area contributed by atoms with E-state index in [1.165, 1.54) is 0 Å². The molecule has 1 aromatic heterocycles. The quantitative estimate of drug-likeness (QED) is 0.840. The van der Waals surface area contributed by atoms with Gasteiger partial charge in [0.25, 0.3) is 0 Å². The Morgan fingerprint density at radius 3 is 3.10 bits per heavy atom. The van der Waals surface area contributed by atoms with E-state index in [1.807, 2.05) is 12.1 Å². The molecule has 5 nitrogen and oxygen atoms in total. The lowest BCUT2D eigenvalue weighted by Crippen LogP contribution is -2.44. The van der Waals surface area contributed by atoms with Crippen molar-refractivity contribution in [2.75, 3.05) is 53.6 Å². The second kappa shape index (κ2) is 6.48. The van der Waals surface area contributed by atoms with Gasteiger partial charge in [-0.3, -0.25) is 4.90 Å². The van der Waals surface area contributed by atoms with Gasteiger partial charge in [0.05, 0.1) is 32.6 Å². The summed E-state index contributed by atoms with van der Waals surface area (Å²) in [7, 11) is 4.25. The maximum Gasteiger partial charge on any atom is 0.117 e. The van der Waals surface area contributed by atoms with Gasteiger partial charge in [-0.25, -0.2) is 0 Å². The molecule has 0 saturated carbocycles. The van der Waals surface area contributed by atoms with Crippen LogP contribution in [0.3, 0.4) is 0 Å². The van der Waals surface area contributed by atoms with Crippen LogP contribution in [-0.2, 0) is 16.0 Å². The highest BCUT2D eigenvalue weighted by Gasteiger charge is 2.43. The molecule has 1 spiro atoms. The van der Waals surface area contributed by atoms with Crippen molar-refractivity contribution in [1.29, 1.82) is 0 Å². The van der Waals surface area contributed by atoms with Crippen LogP contribution in [0.2, 0.25) is 0 Å². The van der Waals surface area contributed by atoms with E-state index in [2.05, 4.69) is 23.9 Å². The summed E-state index contributed by atoms with van der Waals surface area (Å²) < 4.78 is 17.5. The van der Waals surface area contributed by atoms with Crippen molar-refractivity contribution < 1.29 is 13.9 Å². The monoisotopic (exact) mass is 294 g/mol. The first-order valence-corrected chi connectivity index (χ1v) is 7.76. The van der Waals surface area contributed by atoms with Crippen molar-refractivity contribution in [2.24, 2.45) is 5.92 Å². The van der Waals surface area contributed by atoms with Crippen LogP contribution in [0.5, 0.6) is 0 Å². The number of furan rings is 1. The summed E-state index contributed by atoms with van der Waals surface area (Å²) in [6.07, 6.45) is 2.82. The van der Waals surface area contributed by atoms with Gasteiger partial charge in [-0.05, 0) is 38.6 Å². The van der Waals surface area contributed by atoms with Crippen molar-refractivity contribution in [3.63, 3.8) is 0 Å². The average Bonchev–Trinajstić information content (AvgIpc) is 3.00. The van der Waals surface area contributed by atoms with Crippen LogP contribution in [0.15, 0.2) is 22.8 Å². The molecule has 3 rings (SSSR count). The number of rotatable bonds is 4. The minimum Gasteiger partial charge on any atom is -0.468 e. The highest BCUT2D eigenvalue weighted by Crippen LogP contribution is 2.33. The van der Waals surface area contributed by atoms with E-state index in [9.17, 15) is 0 Å². The molecular weight excluding hydrogens is 268 g/mol. The summed E-state index contributed by atoms with van der Waals surface area (Å²) >= 11 is 0. The number of ether oxygens (including phenoxy) is 2. The number of hydrogen-bond acceptors (Lipinski definition) is 5. The van der Waals surface area contributed by atoms with Crippen molar-refractivity contribution in [1.82, 2.24) is 9.80 Å². The van der Waals surface area contributed by atoms with Crippen LogP contribution < -0.4 is 0 Å². The lowest BCUT2D eigenvalue weighted by Gasteiger charge is -2.30. The topological polar surface area (TPSA) is 38.1 Å². The summed E-state index contributed by atoms with van der Waals surface area (Å²) in [6.45, 7) is 6.10. The highest BCUT2D eigenvalue weighted by atomic mass is 16.5. The molecule has 0 unspecified atom stereocenters. The summed E-state index contributed by atoms with van der Waals surface area (Å²) in [5, 5.41) is 0. The van der Waals surface area contributed by atoms with E-state index in [4.69, 9.17) is 13.9 Å². The van der Waals surface area contributed by atoms with E-state index < -0.39 is 0 Å². The smallest absolute Gasteiger partial charge is 0.117 e. The van der Waals surface area contributed by atoms with Gasteiger partial charge in [0, 0.05) is 19.6 Å². The third kappa shape index (κ3) is 3.86. The largest absolute Gasteiger partial charge is 0.468 e. The Labute approximate surface area is 126 Å². The van der Waals surface area contributed by atoms with E-state index in [0.717, 1.165) is 51.6 Å². The molecule has 2 fully saturated rings. The van der Waals surface area contributed by atoms with Gasteiger partial charge in [-0.1, -0.05) is 0 Å². The predicted octanol–water partition coefficient (Wildman–Crippen LogP) is 1.45. The molecular formula is C16H26N2O3. The van der Waals surface area contributed by atoms with E-state index >= 15 is 0 Å². The Morgan fingerprint density at radius 1 is 1.43 bits per heavy atom. The van der Waals surface area contributed by atoms with Gasteiger partial charge in [0.2, 0.25) is 0 Å². The third-order valence-electron chi connectivity index (χ3n) is 4.30. The molecule has 5 heteroatoms. The maximum atomic E-state index is 6.20. The normalized spacial score (nSPS) is 31.1. The molecule has 0 amide bonds. The summed E-state index contributed by atoms with van der Waals surface area (Å²) in [4.78, 5) is 4.63. The van der Waals surface area contributed by atoms with E-state index in [-0.39, 0.29) is 5.60 Å². The molecule has 2 aliphatic rings. The van der Waals surface area contributed by atoms with Crippen LogP contribution in [-0.4, -0.2) is 69.0 Å². The van der Waals surface area contributed by atoms with Crippen molar-refractivity contribution in [3.05, 3.63) is 24.2 Å². The molecule has 1 aromatic rings. The molecule has 3 heterocycles. The Bertz CT molecular complexity index is 435. The fourth-order valence-electron chi connectivity index (χ4n) is 3.52. The van der Waals surface area contributed by atoms with Gasteiger partial charge in [-0.2, -0.15) is 0 Å². The van der Waals surface area contributed by atoms with E-state index in [1.54, 1.807) is 6.26 Å². The summed E-state index contributed by atoms with van der Waals surface area (Å²) in [5.41, 5.74) is -0.135. The molecule has 118 valence electrons. The number of nitrogens with zero attached hydrogens (tertiary/aromatic N) is 2. The third-order valence-corrected chi connectivity index (χ3v) is 4.30. The first kappa shape index (κ1) is 15.0.